The highest BCUT2D eigenvalue weighted by Crippen LogP contribution is 2.02. The number of ether oxygens (including phenoxy) is 2. The summed E-state index contributed by atoms with van der Waals surface area (Å²) in [5.41, 5.74) is 0. The average Bonchev–Trinajstić information content (AvgIpc) is 1.91. The van der Waals surface area contributed by atoms with Crippen molar-refractivity contribution in [1.29, 1.82) is 0 Å². The molecule has 0 radical (unpaired) electrons. The fraction of sp³-hybridized carbons (Fsp3) is 1.00. The molecule has 0 spiro atoms. The maximum Gasteiger partial charge on any atom is 0.169 e. The molecule has 0 unspecified atom stereocenters. The van der Waals surface area contributed by atoms with Gasteiger partial charge in [-0.2, -0.15) is 0 Å². The largest absolute Gasteiger partial charge is 0.351 e. The van der Waals surface area contributed by atoms with Crippen molar-refractivity contribution >= 4 is 0 Å². The van der Waals surface area contributed by atoms with Crippen molar-refractivity contribution in [3.05, 3.63) is 0 Å². The quantitative estimate of drug-likeness (QED) is 0.571. The first-order valence-corrected chi connectivity index (χ1v) is 3.31. The number of nitrogens with one attached hydrogen (secondary N) is 1. The average molecular weight is 131 g/mol. The minimum Gasteiger partial charge on any atom is -0.351 e. The predicted molar refractivity (Wildman–Crippen MR) is 34.2 cm³/mol. The fourth-order valence-corrected chi connectivity index (χ4v) is 0.821. The monoisotopic (exact) mass is 131 g/mol. The molecule has 0 aromatic carbocycles. The summed E-state index contributed by atoms with van der Waals surface area (Å²) in [5, 5.41) is 2.99. The standard InChI is InChI=1S/C6H13NO2/c1-7-5-6-8-3-2-4-9-6/h6-7H,2-5H2,1H3. The van der Waals surface area contributed by atoms with Crippen LogP contribution in [0.15, 0.2) is 0 Å². The van der Waals surface area contributed by atoms with Crippen LogP contribution in [0.3, 0.4) is 0 Å². The molecule has 3 heteroatoms. The van der Waals surface area contributed by atoms with Gasteiger partial charge < -0.3 is 14.8 Å². The van der Waals surface area contributed by atoms with Crippen LogP contribution in [0.5, 0.6) is 0 Å². The topological polar surface area (TPSA) is 30.5 Å². The third-order valence-electron chi connectivity index (χ3n) is 1.27. The summed E-state index contributed by atoms with van der Waals surface area (Å²) in [4.78, 5) is 0. The number of likely N-dealkylation sites (N-methyl/N-ethyl adjacent to an activating group) is 1. The Labute approximate surface area is 55.3 Å². The minimum absolute atomic E-state index is 0.0104. The van der Waals surface area contributed by atoms with Crippen molar-refractivity contribution in [2.75, 3.05) is 26.8 Å². The number of rotatable bonds is 2. The third kappa shape index (κ3) is 2.30. The van der Waals surface area contributed by atoms with Crippen LogP contribution in [0, 0.1) is 0 Å². The Morgan fingerprint density at radius 3 is 2.67 bits per heavy atom. The number of hydrogen-bond acceptors (Lipinski definition) is 3. The van der Waals surface area contributed by atoms with Crippen molar-refractivity contribution in [2.24, 2.45) is 0 Å². The van der Waals surface area contributed by atoms with Crippen LogP contribution in [-0.2, 0) is 9.47 Å². The first-order valence-electron chi connectivity index (χ1n) is 3.31. The molecule has 1 aliphatic heterocycles. The second-order valence-electron chi connectivity index (χ2n) is 2.08. The lowest BCUT2D eigenvalue weighted by Crippen LogP contribution is -2.33. The third-order valence-corrected chi connectivity index (χ3v) is 1.27. The van der Waals surface area contributed by atoms with Gasteiger partial charge in [0.2, 0.25) is 0 Å². The highest BCUT2D eigenvalue weighted by atomic mass is 16.7. The van der Waals surface area contributed by atoms with E-state index in [0.717, 1.165) is 26.2 Å². The highest BCUT2D eigenvalue weighted by Gasteiger charge is 2.11. The summed E-state index contributed by atoms with van der Waals surface area (Å²) in [6.45, 7) is 2.47. The van der Waals surface area contributed by atoms with Gasteiger partial charge in [-0.25, -0.2) is 0 Å². The van der Waals surface area contributed by atoms with Crippen molar-refractivity contribution in [1.82, 2.24) is 5.32 Å². The van der Waals surface area contributed by atoms with Gasteiger partial charge in [-0.1, -0.05) is 0 Å². The molecule has 0 amide bonds. The van der Waals surface area contributed by atoms with E-state index in [1.54, 1.807) is 0 Å². The van der Waals surface area contributed by atoms with E-state index in [1.165, 1.54) is 0 Å². The predicted octanol–water partition coefficient (Wildman–Crippen LogP) is -0.0312. The van der Waals surface area contributed by atoms with Gasteiger partial charge in [0.05, 0.1) is 13.2 Å². The molecule has 1 fully saturated rings. The van der Waals surface area contributed by atoms with E-state index in [0.29, 0.717) is 0 Å². The minimum atomic E-state index is -0.0104. The molecule has 54 valence electrons. The van der Waals surface area contributed by atoms with Crippen LogP contribution in [0.2, 0.25) is 0 Å². The van der Waals surface area contributed by atoms with Gasteiger partial charge in [0, 0.05) is 6.54 Å². The van der Waals surface area contributed by atoms with Gasteiger partial charge in [-0.3, -0.25) is 0 Å². The smallest absolute Gasteiger partial charge is 0.169 e. The van der Waals surface area contributed by atoms with Gasteiger partial charge >= 0.3 is 0 Å². The second kappa shape index (κ2) is 3.82. The van der Waals surface area contributed by atoms with Crippen LogP contribution in [0.4, 0.5) is 0 Å². The van der Waals surface area contributed by atoms with Gasteiger partial charge in [-0.15, -0.1) is 0 Å². The van der Waals surface area contributed by atoms with Crippen molar-refractivity contribution in [3.63, 3.8) is 0 Å². The van der Waals surface area contributed by atoms with Crippen LogP contribution in [-0.4, -0.2) is 33.1 Å². The molecule has 0 bridgehead atoms. The molecule has 0 aromatic rings. The molecule has 0 atom stereocenters. The summed E-state index contributed by atoms with van der Waals surface area (Å²) in [6, 6.07) is 0. The van der Waals surface area contributed by atoms with Gasteiger partial charge in [0.1, 0.15) is 0 Å². The first-order chi connectivity index (χ1) is 4.43. The SMILES string of the molecule is CNCC1OCCCO1. The van der Waals surface area contributed by atoms with Gasteiger partial charge in [-0.05, 0) is 13.5 Å². The molecular weight excluding hydrogens is 118 g/mol. The summed E-state index contributed by atoms with van der Waals surface area (Å²) < 4.78 is 10.5. The van der Waals surface area contributed by atoms with E-state index in [4.69, 9.17) is 9.47 Å². The summed E-state index contributed by atoms with van der Waals surface area (Å²) >= 11 is 0. The van der Waals surface area contributed by atoms with Crippen molar-refractivity contribution in [2.45, 2.75) is 12.7 Å². The van der Waals surface area contributed by atoms with E-state index in [1.807, 2.05) is 7.05 Å². The van der Waals surface area contributed by atoms with E-state index in [9.17, 15) is 0 Å². The maximum atomic E-state index is 5.23. The fourth-order valence-electron chi connectivity index (χ4n) is 0.821. The van der Waals surface area contributed by atoms with Crippen molar-refractivity contribution in [3.8, 4) is 0 Å². The Bertz CT molecular complexity index is 68.7. The van der Waals surface area contributed by atoms with Crippen LogP contribution >= 0.6 is 0 Å². The molecule has 9 heavy (non-hydrogen) atoms. The van der Waals surface area contributed by atoms with Crippen LogP contribution in [0.1, 0.15) is 6.42 Å². The molecule has 1 rings (SSSR count). The second-order valence-corrected chi connectivity index (χ2v) is 2.08. The van der Waals surface area contributed by atoms with E-state index >= 15 is 0 Å². The zero-order valence-electron chi connectivity index (χ0n) is 5.72. The molecule has 1 heterocycles. The Kier molecular flexibility index (Phi) is 2.97. The van der Waals surface area contributed by atoms with Crippen LogP contribution < -0.4 is 5.32 Å². The zero-order chi connectivity index (χ0) is 6.53. The van der Waals surface area contributed by atoms with Gasteiger partial charge in [0.15, 0.2) is 6.29 Å². The molecule has 1 aliphatic rings. The Morgan fingerprint density at radius 2 is 2.11 bits per heavy atom. The lowest BCUT2D eigenvalue weighted by molar-refractivity contribution is -0.174. The van der Waals surface area contributed by atoms with E-state index in [-0.39, 0.29) is 6.29 Å². The first kappa shape index (κ1) is 6.99. The lowest BCUT2D eigenvalue weighted by Gasteiger charge is -2.22. The summed E-state index contributed by atoms with van der Waals surface area (Å²) in [5.74, 6) is 0. The van der Waals surface area contributed by atoms with E-state index < -0.39 is 0 Å². The summed E-state index contributed by atoms with van der Waals surface area (Å²) in [6.07, 6.45) is 1.02. The highest BCUT2D eigenvalue weighted by molar-refractivity contribution is 4.52. The molecule has 3 nitrogen and oxygen atoms in total. The normalized spacial score (nSPS) is 22.3. The molecule has 1 saturated heterocycles. The molecule has 0 aromatic heterocycles. The Balaban J connectivity index is 2.08. The van der Waals surface area contributed by atoms with Crippen LogP contribution in [0.25, 0.3) is 0 Å². The Hall–Kier alpha value is -0.120. The Morgan fingerprint density at radius 1 is 1.44 bits per heavy atom. The van der Waals surface area contributed by atoms with Crippen molar-refractivity contribution < 1.29 is 9.47 Å². The zero-order valence-corrected chi connectivity index (χ0v) is 5.72. The number of hydrogen-bond donors (Lipinski definition) is 1. The molecule has 0 aliphatic carbocycles. The van der Waals surface area contributed by atoms with Gasteiger partial charge in [0.25, 0.3) is 0 Å². The molecule has 0 saturated carbocycles. The molecule has 1 N–H and O–H groups in total. The van der Waals surface area contributed by atoms with E-state index in [2.05, 4.69) is 5.32 Å². The molecular formula is C6H13NO2. The lowest BCUT2D eigenvalue weighted by atomic mass is 10.4. The summed E-state index contributed by atoms with van der Waals surface area (Å²) in [7, 11) is 1.89. The maximum absolute atomic E-state index is 5.23.